The lowest BCUT2D eigenvalue weighted by molar-refractivity contribution is 0.0339. The molecule has 2 aromatic rings. The number of nitrogen functional groups attached to an aromatic ring is 1. The molecule has 4 nitrogen and oxygen atoms in total. The summed E-state index contributed by atoms with van der Waals surface area (Å²) in [5.74, 6) is -0.516. The first-order valence-corrected chi connectivity index (χ1v) is 6.12. The molecule has 0 radical (unpaired) electrons. The van der Waals surface area contributed by atoms with Crippen molar-refractivity contribution in [1.82, 2.24) is 4.98 Å². The maximum absolute atomic E-state index is 12.0. The molecule has 2 N–H and O–H groups in total. The summed E-state index contributed by atoms with van der Waals surface area (Å²) < 4.78 is 5.35. The third-order valence-corrected chi connectivity index (χ3v) is 2.88. The molecule has 0 saturated carbocycles. The van der Waals surface area contributed by atoms with Gasteiger partial charge in [0.25, 0.3) is 0 Å². The zero-order chi connectivity index (χ0) is 13.8. The van der Waals surface area contributed by atoms with Crippen molar-refractivity contribution >= 4 is 23.3 Å². The molecular weight excluding hydrogens is 264 g/mol. The number of hydrogen-bond acceptors (Lipinski definition) is 4. The van der Waals surface area contributed by atoms with Crippen molar-refractivity contribution in [2.24, 2.45) is 0 Å². The Morgan fingerprint density at radius 1 is 1.37 bits per heavy atom. The lowest BCUT2D eigenvalue weighted by Crippen LogP contribution is -2.11. The van der Waals surface area contributed by atoms with Gasteiger partial charge >= 0.3 is 5.97 Å². The smallest absolute Gasteiger partial charge is 0.341 e. The number of nitrogens with two attached hydrogens (primary N) is 1. The van der Waals surface area contributed by atoms with E-state index in [1.807, 2.05) is 30.3 Å². The van der Waals surface area contributed by atoms with Crippen molar-refractivity contribution in [1.29, 1.82) is 0 Å². The number of nitrogens with zero attached hydrogens (tertiary/aromatic N) is 1. The lowest BCUT2D eigenvalue weighted by atomic mass is 10.1. The van der Waals surface area contributed by atoms with Crippen molar-refractivity contribution in [3.63, 3.8) is 0 Å². The minimum absolute atomic E-state index is 0.202. The van der Waals surface area contributed by atoms with Gasteiger partial charge in [0.2, 0.25) is 0 Å². The zero-order valence-corrected chi connectivity index (χ0v) is 11.1. The maximum atomic E-state index is 12.0. The third-order valence-electron chi connectivity index (χ3n) is 2.67. The highest BCUT2D eigenvalue weighted by Gasteiger charge is 2.16. The van der Waals surface area contributed by atoms with E-state index < -0.39 is 5.97 Å². The van der Waals surface area contributed by atoms with Crippen LogP contribution in [0.15, 0.2) is 42.6 Å². The predicted molar refractivity (Wildman–Crippen MR) is 73.9 cm³/mol. The van der Waals surface area contributed by atoms with Crippen molar-refractivity contribution in [3.8, 4) is 0 Å². The molecular formula is C14H13ClN2O2. The Labute approximate surface area is 116 Å². The first-order chi connectivity index (χ1) is 9.08. The molecule has 0 amide bonds. The Kier molecular flexibility index (Phi) is 4.02. The van der Waals surface area contributed by atoms with Crippen LogP contribution >= 0.6 is 11.6 Å². The highest BCUT2D eigenvalue weighted by Crippen LogP contribution is 2.21. The molecule has 0 aliphatic heterocycles. The molecule has 0 aliphatic rings. The van der Waals surface area contributed by atoms with Gasteiger partial charge in [0.15, 0.2) is 0 Å². The van der Waals surface area contributed by atoms with Crippen LogP contribution in [0.4, 0.5) is 5.69 Å². The van der Waals surface area contributed by atoms with Gasteiger partial charge in [0, 0.05) is 0 Å². The largest absolute Gasteiger partial charge is 0.454 e. The molecule has 1 atom stereocenters. The van der Waals surface area contributed by atoms with Gasteiger partial charge in [-0.25, -0.2) is 9.78 Å². The summed E-state index contributed by atoms with van der Waals surface area (Å²) in [5.41, 5.74) is 7.06. The van der Waals surface area contributed by atoms with Gasteiger partial charge in [-0.15, -0.1) is 0 Å². The number of halogens is 1. The maximum Gasteiger partial charge on any atom is 0.341 e. The molecule has 0 fully saturated rings. The van der Waals surface area contributed by atoms with Crippen LogP contribution < -0.4 is 5.73 Å². The normalized spacial score (nSPS) is 11.9. The average Bonchev–Trinajstić information content (AvgIpc) is 2.42. The highest BCUT2D eigenvalue weighted by molar-refractivity contribution is 6.29. The number of esters is 1. The summed E-state index contributed by atoms with van der Waals surface area (Å²) in [6, 6.07) is 10.9. The Bertz CT molecular complexity index is 587. The highest BCUT2D eigenvalue weighted by atomic mass is 35.5. The summed E-state index contributed by atoms with van der Waals surface area (Å²) in [7, 11) is 0. The predicted octanol–water partition coefficient (Wildman–Crippen LogP) is 3.24. The molecule has 98 valence electrons. The minimum atomic E-state index is -0.516. The van der Waals surface area contributed by atoms with Gasteiger partial charge in [-0.05, 0) is 18.6 Å². The van der Waals surface area contributed by atoms with E-state index in [2.05, 4.69) is 4.98 Å². The van der Waals surface area contributed by atoms with Crippen LogP contribution in [0.1, 0.15) is 28.9 Å². The van der Waals surface area contributed by atoms with Gasteiger partial charge in [0.05, 0.1) is 17.4 Å². The average molecular weight is 277 g/mol. The monoisotopic (exact) mass is 276 g/mol. The number of anilines is 1. The fourth-order valence-corrected chi connectivity index (χ4v) is 1.79. The molecule has 0 saturated heterocycles. The van der Waals surface area contributed by atoms with Gasteiger partial charge in [0.1, 0.15) is 11.3 Å². The second-order valence-electron chi connectivity index (χ2n) is 4.05. The Morgan fingerprint density at radius 3 is 2.74 bits per heavy atom. The fourth-order valence-electron chi connectivity index (χ4n) is 1.63. The molecule has 2 rings (SSSR count). The van der Waals surface area contributed by atoms with E-state index in [9.17, 15) is 4.79 Å². The van der Waals surface area contributed by atoms with Crippen LogP contribution in [0.3, 0.4) is 0 Å². The summed E-state index contributed by atoms with van der Waals surface area (Å²) >= 11 is 5.74. The number of carbonyl (C=O) groups is 1. The summed E-state index contributed by atoms with van der Waals surface area (Å²) in [5, 5.41) is 0.202. The summed E-state index contributed by atoms with van der Waals surface area (Å²) in [6.07, 6.45) is 0.978. The number of aromatic nitrogens is 1. The van der Waals surface area contributed by atoms with Gasteiger partial charge in [-0.3, -0.25) is 0 Å². The van der Waals surface area contributed by atoms with Gasteiger partial charge in [-0.1, -0.05) is 41.9 Å². The quantitative estimate of drug-likeness (QED) is 0.690. The van der Waals surface area contributed by atoms with Crippen molar-refractivity contribution < 1.29 is 9.53 Å². The SMILES string of the molecule is CC(OC(=O)c1cc(Cl)ncc1N)c1ccccc1. The van der Waals surface area contributed by atoms with Crippen molar-refractivity contribution in [2.75, 3.05) is 5.73 Å². The van der Waals surface area contributed by atoms with Gasteiger partial charge in [-0.2, -0.15) is 0 Å². The number of rotatable bonds is 3. The van der Waals surface area contributed by atoms with E-state index in [-0.39, 0.29) is 22.5 Å². The molecule has 0 spiro atoms. The van der Waals surface area contributed by atoms with Gasteiger partial charge < -0.3 is 10.5 Å². The third kappa shape index (κ3) is 3.23. The fraction of sp³-hybridized carbons (Fsp3) is 0.143. The second-order valence-corrected chi connectivity index (χ2v) is 4.44. The molecule has 5 heteroatoms. The van der Waals surface area contributed by atoms with Crippen LogP contribution in [0, 0.1) is 0 Å². The van der Waals surface area contributed by atoms with Crippen LogP contribution in [-0.4, -0.2) is 11.0 Å². The van der Waals surface area contributed by atoms with E-state index in [0.717, 1.165) is 5.56 Å². The first-order valence-electron chi connectivity index (χ1n) is 5.75. The van der Waals surface area contributed by atoms with E-state index in [1.165, 1.54) is 12.3 Å². The van der Waals surface area contributed by atoms with E-state index in [1.54, 1.807) is 6.92 Å². The second kappa shape index (κ2) is 5.71. The Morgan fingerprint density at radius 2 is 2.05 bits per heavy atom. The molecule has 0 bridgehead atoms. The number of benzene rings is 1. The standard InChI is InChI=1S/C14H13ClN2O2/c1-9(10-5-3-2-4-6-10)19-14(18)11-7-13(15)17-8-12(11)16/h2-9H,16H2,1H3. The molecule has 19 heavy (non-hydrogen) atoms. The molecule has 1 aromatic carbocycles. The molecule has 0 aliphatic carbocycles. The topological polar surface area (TPSA) is 65.2 Å². The first kappa shape index (κ1) is 13.4. The van der Waals surface area contributed by atoms with E-state index in [4.69, 9.17) is 22.1 Å². The van der Waals surface area contributed by atoms with Crippen LogP contribution in [0.25, 0.3) is 0 Å². The lowest BCUT2D eigenvalue weighted by Gasteiger charge is -2.14. The Balaban J connectivity index is 2.15. The summed E-state index contributed by atoms with van der Waals surface area (Å²) in [6.45, 7) is 1.80. The van der Waals surface area contributed by atoms with Crippen LogP contribution in [0.2, 0.25) is 5.15 Å². The summed E-state index contributed by atoms with van der Waals surface area (Å²) in [4.78, 5) is 15.8. The van der Waals surface area contributed by atoms with Crippen molar-refractivity contribution in [3.05, 3.63) is 58.9 Å². The van der Waals surface area contributed by atoms with E-state index >= 15 is 0 Å². The number of hydrogen-bond donors (Lipinski definition) is 1. The van der Waals surface area contributed by atoms with E-state index in [0.29, 0.717) is 0 Å². The van der Waals surface area contributed by atoms with Crippen molar-refractivity contribution in [2.45, 2.75) is 13.0 Å². The number of carbonyl (C=O) groups excluding carboxylic acids is 1. The van der Waals surface area contributed by atoms with Crippen LogP contribution in [0.5, 0.6) is 0 Å². The zero-order valence-electron chi connectivity index (χ0n) is 10.3. The number of pyridine rings is 1. The molecule has 1 heterocycles. The Hall–Kier alpha value is -2.07. The molecule has 1 unspecified atom stereocenters. The molecule has 1 aromatic heterocycles. The minimum Gasteiger partial charge on any atom is -0.454 e. The number of ether oxygens (including phenoxy) is 1. The van der Waals surface area contributed by atoms with Crippen LogP contribution in [-0.2, 0) is 4.74 Å².